The van der Waals surface area contributed by atoms with Gasteiger partial charge < -0.3 is 14.8 Å². The van der Waals surface area contributed by atoms with Crippen LogP contribution in [0.5, 0.6) is 0 Å². The Hall–Kier alpha value is -1.40. The summed E-state index contributed by atoms with van der Waals surface area (Å²) in [6.45, 7) is 7.90. The van der Waals surface area contributed by atoms with Crippen molar-refractivity contribution < 1.29 is 14.3 Å². The van der Waals surface area contributed by atoms with Crippen LogP contribution in [-0.4, -0.2) is 41.0 Å². The average Bonchev–Trinajstić information content (AvgIpc) is 2.72. The quantitative estimate of drug-likeness (QED) is 0.898. The van der Waals surface area contributed by atoms with Gasteiger partial charge in [-0.25, -0.2) is 0 Å². The molecule has 1 aromatic rings. The van der Waals surface area contributed by atoms with Gasteiger partial charge in [0.15, 0.2) is 0 Å². The highest BCUT2D eigenvalue weighted by Crippen LogP contribution is 2.31. The van der Waals surface area contributed by atoms with Gasteiger partial charge in [-0.15, -0.1) is 0 Å². The van der Waals surface area contributed by atoms with Crippen LogP contribution in [0.3, 0.4) is 0 Å². The number of carbonyl (C=O) groups excluding carboxylic acids is 1. The summed E-state index contributed by atoms with van der Waals surface area (Å²) in [5.74, 6) is -0.0461. The number of nitrogens with zero attached hydrogens (tertiary/aromatic N) is 2. The van der Waals surface area contributed by atoms with Gasteiger partial charge in [-0.3, -0.25) is 9.48 Å². The van der Waals surface area contributed by atoms with Crippen molar-refractivity contribution in [1.29, 1.82) is 0 Å². The van der Waals surface area contributed by atoms with Gasteiger partial charge in [0.25, 0.3) is 5.91 Å². The highest BCUT2D eigenvalue weighted by atomic mass is 16.5. The van der Waals surface area contributed by atoms with Crippen LogP contribution in [0.2, 0.25) is 0 Å². The zero-order valence-electron chi connectivity index (χ0n) is 12.2. The second-order valence-corrected chi connectivity index (χ2v) is 5.53. The molecule has 0 spiro atoms. The molecule has 0 unspecified atom stereocenters. The summed E-state index contributed by atoms with van der Waals surface area (Å²) in [5.41, 5.74) is 2.63. The third-order valence-electron chi connectivity index (χ3n) is 3.88. The zero-order valence-corrected chi connectivity index (χ0v) is 12.2. The van der Waals surface area contributed by atoms with Crippen LogP contribution in [-0.2, 0) is 22.4 Å². The Morgan fingerprint density at radius 2 is 2.20 bits per heavy atom. The van der Waals surface area contributed by atoms with E-state index >= 15 is 0 Å². The van der Waals surface area contributed by atoms with Crippen molar-refractivity contribution in [2.45, 2.75) is 52.0 Å². The molecule has 2 aliphatic rings. The fraction of sp³-hybridized carbons (Fsp3) is 0.714. The van der Waals surface area contributed by atoms with Crippen molar-refractivity contribution in [1.82, 2.24) is 15.1 Å². The Morgan fingerprint density at radius 1 is 1.45 bits per heavy atom. The van der Waals surface area contributed by atoms with Gasteiger partial charge in [-0.1, -0.05) is 0 Å². The highest BCUT2D eigenvalue weighted by Gasteiger charge is 2.33. The SMILES string of the molecule is CCn1nc2c(c1C(=O)NC1COC1)C[C@H](C)O[C@@H]2C. The van der Waals surface area contributed by atoms with E-state index in [9.17, 15) is 4.79 Å². The maximum atomic E-state index is 12.5. The average molecular weight is 279 g/mol. The van der Waals surface area contributed by atoms with Crippen LogP contribution >= 0.6 is 0 Å². The zero-order chi connectivity index (χ0) is 14.3. The van der Waals surface area contributed by atoms with E-state index in [4.69, 9.17) is 9.47 Å². The molecule has 0 bridgehead atoms. The summed E-state index contributed by atoms with van der Waals surface area (Å²) >= 11 is 0. The molecule has 0 radical (unpaired) electrons. The molecule has 1 aromatic heterocycles. The predicted molar refractivity (Wildman–Crippen MR) is 72.6 cm³/mol. The Balaban J connectivity index is 1.93. The number of rotatable bonds is 3. The Labute approximate surface area is 118 Å². The number of aromatic nitrogens is 2. The van der Waals surface area contributed by atoms with Crippen LogP contribution in [0.4, 0.5) is 0 Å². The first-order chi connectivity index (χ1) is 9.60. The monoisotopic (exact) mass is 279 g/mol. The molecule has 1 amide bonds. The summed E-state index contributed by atoms with van der Waals surface area (Å²) in [5, 5.41) is 7.56. The maximum absolute atomic E-state index is 12.5. The van der Waals surface area contributed by atoms with Crippen molar-refractivity contribution in [3.63, 3.8) is 0 Å². The molecule has 20 heavy (non-hydrogen) atoms. The molecule has 0 saturated carbocycles. The van der Waals surface area contributed by atoms with E-state index < -0.39 is 0 Å². The summed E-state index contributed by atoms with van der Waals surface area (Å²) < 4.78 is 12.7. The molecule has 2 atom stereocenters. The first-order valence-corrected chi connectivity index (χ1v) is 7.23. The number of nitrogens with one attached hydrogen (secondary N) is 1. The van der Waals surface area contributed by atoms with Gasteiger partial charge in [0, 0.05) is 18.5 Å². The van der Waals surface area contributed by atoms with Crippen LogP contribution in [0.25, 0.3) is 0 Å². The molecular weight excluding hydrogens is 258 g/mol. The van der Waals surface area contributed by atoms with Crippen LogP contribution in [0.1, 0.15) is 48.6 Å². The lowest BCUT2D eigenvalue weighted by Crippen LogP contribution is -2.49. The Kier molecular flexibility index (Phi) is 3.52. The summed E-state index contributed by atoms with van der Waals surface area (Å²) in [6, 6.07) is 0.132. The van der Waals surface area contributed by atoms with Crippen LogP contribution in [0.15, 0.2) is 0 Å². The second kappa shape index (κ2) is 5.18. The number of hydrogen-bond acceptors (Lipinski definition) is 4. The molecule has 0 aliphatic carbocycles. The number of ether oxygens (including phenoxy) is 2. The third-order valence-corrected chi connectivity index (χ3v) is 3.88. The molecule has 6 heteroatoms. The third kappa shape index (κ3) is 2.23. The van der Waals surface area contributed by atoms with E-state index in [1.54, 1.807) is 4.68 Å². The smallest absolute Gasteiger partial charge is 0.270 e. The number of aryl methyl sites for hydroxylation is 1. The molecule has 1 fully saturated rings. The van der Waals surface area contributed by atoms with Crippen molar-refractivity contribution in [2.24, 2.45) is 0 Å². The van der Waals surface area contributed by atoms with Gasteiger partial charge in [0.1, 0.15) is 5.69 Å². The molecular formula is C14H21N3O3. The lowest BCUT2D eigenvalue weighted by atomic mass is 9.99. The van der Waals surface area contributed by atoms with Gasteiger partial charge in [0.2, 0.25) is 0 Å². The normalized spacial score (nSPS) is 25.9. The van der Waals surface area contributed by atoms with Crippen molar-refractivity contribution >= 4 is 5.91 Å². The van der Waals surface area contributed by atoms with Gasteiger partial charge >= 0.3 is 0 Å². The molecule has 1 N–H and O–H groups in total. The van der Waals surface area contributed by atoms with Gasteiger partial charge in [0.05, 0.1) is 37.2 Å². The van der Waals surface area contributed by atoms with E-state index in [-0.39, 0.29) is 24.2 Å². The standard InChI is InChI=1S/C14H21N3O3/c1-4-17-13(14(18)15-10-6-19-7-10)11-5-8(2)20-9(3)12(11)16-17/h8-10H,4-7H2,1-3H3,(H,15,18)/t8-,9+/m0/s1. The highest BCUT2D eigenvalue weighted by molar-refractivity contribution is 5.94. The molecule has 110 valence electrons. The van der Waals surface area contributed by atoms with E-state index in [1.807, 2.05) is 20.8 Å². The molecule has 2 aliphatic heterocycles. The van der Waals surface area contributed by atoms with E-state index in [0.717, 1.165) is 17.7 Å². The van der Waals surface area contributed by atoms with Gasteiger partial charge in [-0.05, 0) is 20.8 Å². The first-order valence-electron chi connectivity index (χ1n) is 7.23. The van der Waals surface area contributed by atoms with E-state index in [1.165, 1.54) is 0 Å². The summed E-state index contributed by atoms with van der Waals surface area (Å²) in [6.07, 6.45) is 0.801. The largest absolute Gasteiger partial charge is 0.377 e. The predicted octanol–water partition coefficient (Wildman–Crippen LogP) is 1.05. The molecule has 3 rings (SSSR count). The number of hydrogen-bond donors (Lipinski definition) is 1. The molecule has 0 aromatic carbocycles. The number of carbonyl (C=O) groups is 1. The Morgan fingerprint density at radius 3 is 2.80 bits per heavy atom. The summed E-state index contributed by atoms with van der Waals surface area (Å²) in [7, 11) is 0. The minimum absolute atomic E-state index is 0.0461. The number of amides is 1. The second-order valence-electron chi connectivity index (χ2n) is 5.53. The van der Waals surface area contributed by atoms with E-state index in [0.29, 0.717) is 25.5 Å². The molecule has 1 saturated heterocycles. The van der Waals surface area contributed by atoms with Crippen molar-refractivity contribution in [3.05, 3.63) is 17.0 Å². The van der Waals surface area contributed by atoms with Crippen molar-refractivity contribution in [2.75, 3.05) is 13.2 Å². The summed E-state index contributed by atoms with van der Waals surface area (Å²) in [4.78, 5) is 12.5. The Bertz CT molecular complexity index is 522. The molecule has 6 nitrogen and oxygen atoms in total. The van der Waals surface area contributed by atoms with Gasteiger partial charge in [-0.2, -0.15) is 5.10 Å². The van der Waals surface area contributed by atoms with Crippen molar-refractivity contribution in [3.8, 4) is 0 Å². The first kappa shape index (κ1) is 13.6. The van der Waals surface area contributed by atoms with Crippen LogP contribution < -0.4 is 5.32 Å². The lowest BCUT2D eigenvalue weighted by Gasteiger charge is -2.28. The fourth-order valence-corrected chi connectivity index (χ4v) is 2.85. The lowest BCUT2D eigenvalue weighted by molar-refractivity contribution is -0.00755. The minimum Gasteiger partial charge on any atom is -0.377 e. The fourth-order valence-electron chi connectivity index (χ4n) is 2.85. The van der Waals surface area contributed by atoms with Crippen LogP contribution in [0, 0.1) is 0 Å². The maximum Gasteiger partial charge on any atom is 0.270 e. The number of fused-ring (bicyclic) bond motifs is 1. The minimum atomic E-state index is -0.0554. The van der Waals surface area contributed by atoms with E-state index in [2.05, 4.69) is 10.4 Å². The molecule has 3 heterocycles. The topological polar surface area (TPSA) is 65.4 Å².